The fourth-order valence-corrected chi connectivity index (χ4v) is 3.54. The number of rotatable bonds is 5. The van der Waals surface area contributed by atoms with E-state index in [2.05, 4.69) is 6.92 Å². The molecule has 2 rings (SSSR count). The number of para-hydroxylation sites is 1. The second-order valence-corrected chi connectivity index (χ2v) is 5.76. The van der Waals surface area contributed by atoms with E-state index < -0.39 is 5.97 Å². The molecule has 1 aliphatic rings. The van der Waals surface area contributed by atoms with E-state index in [0.29, 0.717) is 5.92 Å². The summed E-state index contributed by atoms with van der Waals surface area (Å²) in [4.78, 5) is 11.6. The van der Waals surface area contributed by atoms with E-state index >= 15 is 0 Å². The Kier molecular flexibility index (Phi) is 5.05. The molecule has 3 heteroatoms. The topological polar surface area (TPSA) is 46.5 Å². The summed E-state index contributed by atoms with van der Waals surface area (Å²) in [5.41, 5.74) is 1.06. The van der Waals surface area contributed by atoms with Crippen molar-refractivity contribution in [1.82, 2.24) is 0 Å². The summed E-state index contributed by atoms with van der Waals surface area (Å²) in [6.07, 6.45) is 5.14. The summed E-state index contributed by atoms with van der Waals surface area (Å²) in [5.74, 6) is 0.593. The first kappa shape index (κ1) is 14.9. The zero-order chi connectivity index (χ0) is 14.5. The van der Waals surface area contributed by atoms with Gasteiger partial charge in [0.15, 0.2) is 0 Å². The third-order valence-electron chi connectivity index (χ3n) is 4.51. The molecule has 1 aliphatic carbocycles. The lowest BCUT2D eigenvalue weighted by Gasteiger charge is -2.34. The van der Waals surface area contributed by atoms with Crippen LogP contribution >= 0.6 is 0 Å². The molecule has 1 saturated carbocycles. The zero-order valence-electron chi connectivity index (χ0n) is 12.3. The monoisotopic (exact) mass is 276 g/mol. The molecule has 1 fully saturated rings. The van der Waals surface area contributed by atoms with Crippen LogP contribution in [0.5, 0.6) is 5.75 Å². The molecule has 20 heavy (non-hydrogen) atoms. The number of carbonyl (C=O) groups is 1. The van der Waals surface area contributed by atoms with Gasteiger partial charge in [0, 0.05) is 5.92 Å². The van der Waals surface area contributed by atoms with E-state index in [0.717, 1.165) is 30.6 Å². The fourth-order valence-electron chi connectivity index (χ4n) is 3.54. The van der Waals surface area contributed by atoms with Crippen molar-refractivity contribution in [2.24, 2.45) is 11.8 Å². The third kappa shape index (κ3) is 3.14. The molecule has 1 N–H and O–H groups in total. The summed E-state index contributed by atoms with van der Waals surface area (Å²) in [5, 5.41) is 9.51. The quantitative estimate of drug-likeness (QED) is 0.881. The molecular formula is C17H24O3. The van der Waals surface area contributed by atoms with E-state index in [4.69, 9.17) is 4.74 Å². The van der Waals surface area contributed by atoms with Gasteiger partial charge in [0.1, 0.15) is 5.75 Å². The lowest BCUT2D eigenvalue weighted by molar-refractivity contribution is -0.143. The van der Waals surface area contributed by atoms with Crippen molar-refractivity contribution < 1.29 is 14.6 Å². The van der Waals surface area contributed by atoms with E-state index in [1.807, 2.05) is 24.3 Å². The average molecular weight is 276 g/mol. The van der Waals surface area contributed by atoms with Gasteiger partial charge >= 0.3 is 5.97 Å². The number of carboxylic acids is 1. The number of hydrogen-bond donors (Lipinski definition) is 1. The molecule has 0 amide bonds. The Morgan fingerprint density at radius 3 is 2.75 bits per heavy atom. The normalized spacial score (nSPS) is 26.2. The predicted octanol–water partition coefficient (Wildman–Crippen LogP) is 4.08. The Balaban J connectivity index is 2.29. The van der Waals surface area contributed by atoms with Crippen molar-refractivity contribution in [3.63, 3.8) is 0 Å². The van der Waals surface area contributed by atoms with Crippen molar-refractivity contribution in [1.29, 1.82) is 0 Å². The van der Waals surface area contributed by atoms with Gasteiger partial charge in [-0.3, -0.25) is 4.79 Å². The number of ether oxygens (including phenoxy) is 1. The fraction of sp³-hybridized carbons (Fsp3) is 0.588. The minimum absolute atomic E-state index is 0.0777. The van der Waals surface area contributed by atoms with Crippen LogP contribution in [0.1, 0.15) is 50.5 Å². The van der Waals surface area contributed by atoms with Crippen LogP contribution in [-0.4, -0.2) is 18.2 Å². The lowest BCUT2D eigenvalue weighted by atomic mass is 9.70. The third-order valence-corrected chi connectivity index (χ3v) is 4.51. The van der Waals surface area contributed by atoms with Gasteiger partial charge in [-0.15, -0.1) is 0 Å². The molecule has 0 radical (unpaired) electrons. The summed E-state index contributed by atoms with van der Waals surface area (Å²) in [7, 11) is 1.65. The van der Waals surface area contributed by atoms with Crippen molar-refractivity contribution in [2.75, 3.05) is 7.11 Å². The van der Waals surface area contributed by atoms with Crippen LogP contribution < -0.4 is 4.74 Å². The van der Waals surface area contributed by atoms with E-state index in [9.17, 15) is 9.90 Å². The maximum atomic E-state index is 11.6. The predicted molar refractivity (Wildman–Crippen MR) is 79.1 cm³/mol. The van der Waals surface area contributed by atoms with Gasteiger partial charge in [-0.2, -0.15) is 0 Å². The van der Waals surface area contributed by atoms with Crippen LogP contribution in [-0.2, 0) is 4.79 Å². The summed E-state index contributed by atoms with van der Waals surface area (Å²) >= 11 is 0. The number of carboxylic acid groups (broad SMARTS) is 1. The Bertz CT molecular complexity index is 455. The van der Waals surface area contributed by atoms with Crippen molar-refractivity contribution in [3.05, 3.63) is 29.8 Å². The van der Waals surface area contributed by atoms with Crippen molar-refractivity contribution in [2.45, 2.75) is 44.9 Å². The zero-order valence-corrected chi connectivity index (χ0v) is 12.3. The minimum atomic E-state index is -0.671. The number of aliphatic carboxylic acids is 1. The molecule has 0 aromatic heterocycles. The SMILES string of the molecule is CCCC1CCC(C(=O)O)C(c2ccccc2OC)C1. The molecule has 0 aliphatic heterocycles. The van der Waals surface area contributed by atoms with Gasteiger partial charge in [-0.1, -0.05) is 38.0 Å². The van der Waals surface area contributed by atoms with E-state index in [-0.39, 0.29) is 11.8 Å². The van der Waals surface area contributed by atoms with Crippen LogP contribution in [0.3, 0.4) is 0 Å². The van der Waals surface area contributed by atoms with Crippen LogP contribution in [0.2, 0.25) is 0 Å². The van der Waals surface area contributed by atoms with Gasteiger partial charge in [0.2, 0.25) is 0 Å². The first-order chi connectivity index (χ1) is 9.67. The molecule has 110 valence electrons. The van der Waals surface area contributed by atoms with Gasteiger partial charge in [0.05, 0.1) is 13.0 Å². The summed E-state index contributed by atoms with van der Waals surface area (Å²) < 4.78 is 5.43. The van der Waals surface area contributed by atoms with Crippen LogP contribution in [0.25, 0.3) is 0 Å². The van der Waals surface area contributed by atoms with Gasteiger partial charge in [-0.05, 0) is 36.8 Å². The van der Waals surface area contributed by atoms with Crippen molar-refractivity contribution in [3.8, 4) is 5.75 Å². The molecule has 3 nitrogen and oxygen atoms in total. The highest BCUT2D eigenvalue weighted by Gasteiger charge is 2.36. The second kappa shape index (κ2) is 6.78. The number of methoxy groups -OCH3 is 1. The number of hydrogen-bond acceptors (Lipinski definition) is 2. The van der Waals surface area contributed by atoms with Crippen LogP contribution in [0.4, 0.5) is 0 Å². The van der Waals surface area contributed by atoms with Crippen LogP contribution in [0, 0.1) is 11.8 Å². The van der Waals surface area contributed by atoms with Crippen LogP contribution in [0.15, 0.2) is 24.3 Å². The maximum absolute atomic E-state index is 11.6. The molecule has 3 unspecified atom stereocenters. The minimum Gasteiger partial charge on any atom is -0.496 e. The summed E-state index contributed by atoms with van der Waals surface area (Å²) in [6.45, 7) is 2.20. The molecule has 0 spiro atoms. The second-order valence-electron chi connectivity index (χ2n) is 5.76. The molecular weight excluding hydrogens is 252 g/mol. The Labute approximate surface area is 121 Å². The molecule has 0 heterocycles. The highest BCUT2D eigenvalue weighted by molar-refractivity contribution is 5.72. The molecule has 1 aromatic carbocycles. The van der Waals surface area contributed by atoms with E-state index in [1.54, 1.807) is 7.11 Å². The molecule has 0 saturated heterocycles. The van der Waals surface area contributed by atoms with Gasteiger partial charge in [0.25, 0.3) is 0 Å². The first-order valence-electron chi connectivity index (χ1n) is 7.53. The summed E-state index contributed by atoms with van der Waals surface area (Å²) in [6, 6.07) is 7.86. The van der Waals surface area contributed by atoms with Crippen molar-refractivity contribution >= 4 is 5.97 Å². The highest BCUT2D eigenvalue weighted by atomic mass is 16.5. The maximum Gasteiger partial charge on any atom is 0.307 e. The highest BCUT2D eigenvalue weighted by Crippen LogP contribution is 2.44. The molecule has 3 atom stereocenters. The first-order valence-corrected chi connectivity index (χ1v) is 7.53. The Hall–Kier alpha value is -1.51. The molecule has 0 bridgehead atoms. The Morgan fingerprint density at radius 1 is 1.35 bits per heavy atom. The van der Waals surface area contributed by atoms with Gasteiger partial charge < -0.3 is 9.84 Å². The lowest BCUT2D eigenvalue weighted by Crippen LogP contribution is -2.29. The largest absolute Gasteiger partial charge is 0.496 e. The van der Waals surface area contributed by atoms with E-state index in [1.165, 1.54) is 12.8 Å². The number of benzene rings is 1. The molecule has 1 aromatic rings. The van der Waals surface area contributed by atoms with Gasteiger partial charge in [-0.25, -0.2) is 0 Å². The smallest absolute Gasteiger partial charge is 0.307 e. The standard InChI is InChI=1S/C17H24O3/c1-3-6-12-9-10-14(17(18)19)15(11-12)13-7-4-5-8-16(13)20-2/h4-5,7-8,12,14-15H,3,6,9-11H2,1-2H3,(H,18,19). The Morgan fingerprint density at radius 2 is 2.10 bits per heavy atom. The average Bonchev–Trinajstić information content (AvgIpc) is 2.47.